The molecule has 0 saturated carbocycles. The monoisotopic (exact) mass is 260 g/mol. The van der Waals surface area contributed by atoms with Gasteiger partial charge in [0.05, 0.1) is 5.75 Å². The summed E-state index contributed by atoms with van der Waals surface area (Å²) in [4.78, 5) is 0. The van der Waals surface area contributed by atoms with Gasteiger partial charge in [-0.15, -0.1) is 0 Å². The predicted octanol–water partition coefficient (Wildman–Crippen LogP) is 1.33. The van der Waals surface area contributed by atoms with Crippen LogP contribution in [0.4, 0.5) is 0 Å². The van der Waals surface area contributed by atoms with Crippen molar-refractivity contribution in [1.82, 2.24) is 9.62 Å². The third-order valence-corrected chi connectivity index (χ3v) is 5.76. The lowest BCUT2D eigenvalue weighted by atomic mass is 10.1. The Morgan fingerprint density at radius 1 is 1.00 bits per heavy atom. The summed E-state index contributed by atoms with van der Waals surface area (Å²) in [6.07, 6.45) is 7.75. The molecule has 0 amide bonds. The Morgan fingerprint density at radius 2 is 1.71 bits per heavy atom. The third kappa shape index (κ3) is 3.93. The zero-order valence-electron chi connectivity index (χ0n) is 10.5. The van der Waals surface area contributed by atoms with Crippen LogP contribution >= 0.6 is 0 Å². The molecule has 0 spiro atoms. The van der Waals surface area contributed by atoms with Crippen LogP contribution in [-0.4, -0.2) is 44.2 Å². The van der Waals surface area contributed by atoms with Crippen LogP contribution in [0.1, 0.15) is 44.9 Å². The van der Waals surface area contributed by atoms with Crippen molar-refractivity contribution < 1.29 is 8.42 Å². The van der Waals surface area contributed by atoms with Gasteiger partial charge in [0.15, 0.2) is 0 Å². The molecular weight excluding hydrogens is 236 g/mol. The molecule has 0 aromatic rings. The Labute approximate surface area is 105 Å². The first kappa shape index (κ1) is 13.3. The van der Waals surface area contributed by atoms with Crippen molar-refractivity contribution in [3.8, 4) is 0 Å². The van der Waals surface area contributed by atoms with E-state index in [2.05, 4.69) is 5.32 Å². The second-order valence-electron chi connectivity index (χ2n) is 5.24. The topological polar surface area (TPSA) is 49.4 Å². The van der Waals surface area contributed by atoms with E-state index in [9.17, 15) is 8.42 Å². The van der Waals surface area contributed by atoms with Crippen molar-refractivity contribution in [1.29, 1.82) is 0 Å². The second-order valence-corrected chi connectivity index (χ2v) is 7.25. The van der Waals surface area contributed by atoms with E-state index in [1.54, 1.807) is 4.31 Å². The molecule has 2 saturated heterocycles. The number of nitrogens with zero attached hydrogens (tertiary/aromatic N) is 1. The fourth-order valence-corrected chi connectivity index (χ4v) is 4.56. The minimum atomic E-state index is -3.04. The fraction of sp³-hybridized carbons (Fsp3) is 1.00. The van der Waals surface area contributed by atoms with Crippen LogP contribution in [0.5, 0.6) is 0 Å². The molecule has 0 aliphatic carbocycles. The summed E-state index contributed by atoms with van der Waals surface area (Å²) in [5.74, 6) is 0.299. The van der Waals surface area contributed by atoms with Crippen LogP contribution in [0.25, 0.3) is 0 Å². The molecule has 17 heavy (non-hydrogen) atoms. The highest BCUT2D eigenvalue weighted by molar-refractivity contribution is 7.89. The highest BCUT2D eigenvalue weighted by atomic mass is 32.2. The van der Waals surface area contributed by atoms with Crippen LogP contribution in [0.2, 0.25) is 0 Å². The summed E-state index contributed by atoms with van der Waals surface area (Å²) >= 11 is 0. The van der Waals surface area contributed by atoms with E-state index < -0.39 is 10.0 Å². The molecule has 1 atom stereocenters. The molecule has 2 heterocycles. The van der Waals surface area contributed by atoms with Gasteiger partial charge in [-0.1, -0.05) is 19.3 Å². The molecule has 2 aliphatic rings. The minimum Gasteiger partial charge on any atom is -0.313 e. The summed E-state index contributed by atoms with van der Waals surface area (Å²) in [7, 11) is -3.04. The summed E-state index contributed by atoms with van der Waals surface area (Å²) in [6, 6.07) is 0.178. The van der Waals surface area contributed by atoms with E-state index in [1.807, 2.05) is 0 Å². The van der Waals surface area contributed by atoms with Gasteiger partial charge in [-0.3, -0.25) is 0 Å². The lowest BCUT2D eigenvalue weighted by Gasteiger charge is -2.27. The average molecular weight is 260 g/mol. The van der Waals surface area contributed by atoms with E-state index in [1.165, 1.54) is 19.3 Å². The summed E-state index contributed by atoms with van der Waals surface area (Å²) < 4.78 is 26.3. The third-order valence-electron chi connectivity index (χ3n) is 3.78. The Hall–Kier alpha value is -0.130. The standard InChI is InChI=1S/C12H24N2O2S/c15-17(16,11-12-7-3-4-8-13-12)14-9-5-1-2-6-10-14/h12-13H,1-11H2. The zero-order chi connectivity index (χ0) is 12.1. The van der Waals surface area contributed by atoms with Gasteiger partial charge in [0.25, 0.3) is 0 Å². The molecule has 2 aliphatic heterocycles. The highest BCUT2D eigenvalue weighted by Crippen LogP contribution is 2.16. The van der Waals surface area contributed by atoms with Crippen molar-refractivity contribution in [2.45, 2.75) is 51.0 Å². The largest absolute Gasteiger partial charge is 0.313 e. The number of sulfonamides is 1. The van der Waals surface area contributed by atoms with E-state index in [0.29, 0.717) is 5.75 Å². The highest BCUT2D eigenvalue weighted by Gasteiger charge is 2.27. The van der Waals surface area contributed by atoms with Crippen molar-refractivity contribution >= 4 is 10.0 Å². The van der Waals surface area contributed by atoms with Crippen molar-refractivity contribution in [3.05, 3.63) is 0 Å². The van der Waals surface area contributed by atoms with Crippen LogP contribution < -0.4 is 5.32 Å². The van der Waals surface area contributed by atoms with Crippen molar-refractivity contribution in [2.75, 3.05) is 25.4 Å². The van der Waals surface area contributed by atoms with Crippen LogP contribution in [0, 0.1) is 0 Å². The molecule has 0 aromatic heterocycles. The van der Waals surface area contributed by atoms with Gasteiger partial charge >= 0.3 is 0 Å². The van der Waals surface area contributed by atoms with Crippen LogP contribution in [-0.2, 0) is 10.0 Å². The van der Waals surface area contributed by atoms with Crippen LogP contribution in [0.15, 0.2) is 0 Å². The quantitative estimate of drug-likeness (QED) is 0.833. The Kier molecular flexibility index (Phi) is 4.82. The molecule has 5 heteroatoms. The smallest absolute Gasteiger partial charge is 0.215 e. The number of piperidine rings is 1. The first-order valence-corrected chi connectivity index (χ1v) is 8.50. The molecule has 4 nitrogen and oxygen atoms in total. The Morgan fingerprint density at radius 3 is 2.29 bits per heavy atom. The fourth-order valence-electron chi connectivity index (χ4n) is 2.75. The van der Waals surface area contributed by atoms with Gasteiger partial charge in [-0.25, -0.2) is 12.7 Å². The first-order chi connectivity index (χ1) is 8.18. The number of hydrogen-bond donors (Lipinski definition) is 1. The summed E-state index contributed by atoms with van der Waals surface area (Å²) in [6.45, 7) is 2.43. The summed E-state index contributed by atoms with van der Waals surface area (Å²) in [5, 5.41) is 3.32. The molecule has 100 valence electrons. The molecule has 2 fully saturated rings. The lowest BCUT2D eigenvalue weighted by molar-refractivity contribution is 0.394. The molecule has 1 unspecified atom stereocenters. The first-order valence-electron chi connectivity index (χ1n) is 6.90. The maximum Gasteiger partial charge on any atom is 0.215 e. The number of hydrogen-bond acceptors (Lipinski definition) is 3. The Balaban J connectivity index is 1.91. The van der Waals surface area contributed by atoms with Gasteiger partial charge in [0.1, 0.15) is 0 Å². The number of rotatable bonds is 3. The normalized spacial score (nSPS) is 28.8. The summed E-state index contributed by atoms with van der Waals surface area (Å²) in [5.41, 5.74) is 0. The van der Waals surface area contributed by atoms with E-state index >= 15 is 0 Å². The van der Waals surface area contributed by atoms with Gasteiger partial charge in [-0.2, -0.15) is 0 Å². The average Bonchev–Trinajstić information content (AvgIpc) is 2.58. The van der Waals surface area contributed by atoms with Crippen LogP contribution in [0.3, 0.4) is 0 Å². The van der Waals surface area contributed by atoms with Gasteiger partial charge in [0, 0.05) is 19.1 Å². The van der Waals surface area contributed by atoms with E-state index in [4.69, 9.17) is 0 Å². The number of nitrogens with one attached hydrogen (secondary N) is 1. The second kappa shape index (κ2) is 6.16. The SMILES string of the molecule is O=S(=O)(CC1CCCCN1)N1CCCCCC1. The minimum absolute atomic E-state index is 0.178. The maximum atomic E-state index is 12.3. The van der Waals surface area contributed by atoms with Crippen molar-refractivity contribution in [2.24, 2.45) is 0 Å². The molecule has 1 N–H and O–H groups in total. The van der Waals surface area contributed by atoms with Gasteiger partial charge < -0.3 is 5.32 Å². The van der Waals surface area contributed by atoms with E-state index in [-0.39, 0.29) is 6.04 Å². The lowest BCUT2D eigenvalue weighted by Crippen LogP contribution is -2.44. The molecule has 2 rings (SSSR count). The van der Waals surface area contributed by atoms with Crippen molar-refractivity contribution in [3.63, 3.8) is 0 Å². The molecule has 0 radical (unpaired) electrons. The van der Waals surface area contributed by atoms with Gasteiger partial charge in [0.2, 0.25) is 10.0 Å². The van der Waals surface area contributed by atoms with Gasteiger partial charge in [-0.05, 0) is 32.2 Å². The molecule has 0 aromatic carbocycles. The molecular formula is C12H24N2O2S. The maximum absolute atomic E-state index is 12.3. The predicted molar refractivity (Wildman–Crippen MR) is 69.5 cm³/mol. The Bertz CT molecular complexity index is 315. The molecule has 0 bridgehead atoms. The zero-order valence-corrected chi connectivity index (χ0v) is 11.3. The van der Waals surface area contributed by atoms with E-state index in [0.717, 1.165) is 45.3 Å².